The predicted octanol–water partition coefficient (Wildman–Crippen LogP) is 3.19. The second-order valence-corrected chi connectivity index (χ2v) is 9.75. The third kappa shape index (κ3) is 4.61. The van der Waals surface area contributed by atoms with Crippen LogP contribution in [-0.4, -0.2) is 40.5 Å². The lowest BCUT2D eigenvalue weighted by atomic mass is 10.1. The Morgan fingerprint density at radius 2 is 1.21 bits per heavy atom. The molecule has 176 valence electrons. The summed E-state index contributed by atoms with van der Waals surface area (Å²) in [6.45, 7) is 4.16. The van der Waals surface area contributed by atoms with Crippen molar-refractivity contribution < 1.29 is 34.8 Å². The normalized spacial score (nSPS) is 18.1. The summed E-state index contributed by atoms with van der Waals surface area (Å²) in [6, 6.07) is 12.1. The molecule has 2 aromatic carbocycles. The molecule has 0 fully saturated rings. The molecule has 0 saturated heterocycles. The maximum Gasteiger partial charge on any atom is 0.499 e. The summed E-state index contributed by atoms with van der Waals surface area (Å²) in [7, 11) is -8.66. The van der Waals surface area contributed by atoms with E-state index in [0.717, 1.165) is 10.4 Å². The van der Waals surface area contributed by atoms with E-state index in [1.54, 1.807) is 31.2 Å². The van der Waals surface area contributed by atoms with E-state index in [1.165, 1.54) is 32.0 Å². The number of hydrogen-bond acceptors (Lipinski definition) is 5. The first-order valence-electron chi connectivity index (χ1n) is 9.16. The van der Waals surface area contributed by atoms with E-state index in [1.807, 2.05) is 0 Å². The molecule has 0 aliphatic carbocycles. The van der Waals surface area contributed by atoms with Crippen molar-refractivity contribution in [1.29, 1.82) is 0 Å². The third-order valence-corrected chi connectivity index (χ3v) is 7.30. The molecule has 0 aromatic heterocycles. The molecule has 0 N–H and O–H groups in total. The first-order chi connectivity index (χ1) is 15.2. The molecule has 2 heterocycles. The highest BCUT2D eigenvalue weighted by molar-refractivity contribution is 7.92. The Bertz CT molecular complexity index is 1400. The zero-order chi connectivity index (χ0) is 24.8. The Balaban J connectivity index is 0.000000186. The zero-order valence-corrected chi connectivity index (χ0v) is 19.0. The molecule has 0 spiro atoms. The standard InChI is InChI=1S/C10H10N2O3S.C9H7F3N2O2S/c1-7-9-5-3-4-6-10(9)12(8(2)13)16(14,15)11-7;1-6-7-4-2-3-5-8(7)14(9(10,11)12)17(15,16)13-6/h3-6H,1-2H3;2-5H,1H3. The van der Waals surface area contributed by atoms with Crippen LogP contribution in [0.15, 0.2) is 57.3 Å². The topological polar surface area (TPSA) is 117 Å². The van der Waals surface area contributed by atoms with Gasteiger partial charge in [0.25, 0.3) is 0 Å². The van der Waals surface area contributed by atoms with Gasteiger partial charge in [-0.2, -0.15) is 25.4 Å². The Kier molecular flexibility index (Phi) is 6.10. The van der Waals surface area contributed by atoms with E-state index >= 15 is 0 Å². The molecule has 4 rings (SSSR count). The molecule has 0 bridgehead atoms. The van der Waals surface area contributed by atoms with Crippen LogP contribution in [0.1, 0.15) is 31.9 Å². The van der Waals surface area contributed by atoms with Gasteiger partial charge in [-0.05, 0) is 26.0 Å². The summed E-state index contributed by atoms with van der Waals surface area (Å²) in [6.07, 6.45) is -5.03. The quantitative estimate of drug-likeness (QED) is 0.513. The van der Waals surface area contributed by atoms with Gasteiger partial charge in [0.15, 0.2) is 0 Å². The smallest absolute Gasteiger partial charge is 0.274 e. The molecule has 2 aromatic rings. The van der Waals surface area contributed by atoms with Gasteiger partial charge in [-0.3, -0.25) is 4.79 Å². The fourth-order valence-corrected chi connectivity index (χ4v) is 5.74. The number of alkyl halides is 3. The summed E-state index contributed by atoms with van der Waals surface area (Å²) in [5.41, 5.74) is 1.19. The van der Waals surface area contributed by atoms with Crippen LogP contribution in [0.25, 0.3) is 0 Å². The summed E-state index contributed by atoms with van der Waals surface area (Å²) in [5, 5.41) is 0. The molecule has 2 aliphatic rings. The minimum Gasteiger partial charge on any atom is -0.274 e. The van der Waals surface area contributed by atoms with Crippen LogP contribution in [0.2, 0.25) is 0 Å². The van der Waals surface area contributed by atoms with Gasteiger partial charge >= 0.3 is 26.7 Å². The van der Waals surface area contributed by atoms with Crippen molar-refractivity contribution in [3.05, 3.63) is 59.7 Å². The molecule has 1 amide bonds. The number of fused-ring (bicyclic) bond motifs is 2. The van der Waals surface area contributed by atoms with Gasteiger partial charge in [0.05, 0.1) is 22.8 Å². The molecule has 9 nitrogen and oxygen atoms in total. The number of carbonyl (C=O) groups is 1. The van der Waals surface area contributed by atoms with Gasteiger partial charge in [-0.25, -0.2) is 0 Å². The highest BCUT2D eigenvalue weighted by Gasteiger charge is 2.48. The number of carbonyl (C=O) groups excluding carboxylic acids is 1. The average Bonchev–Trinajstić information content (AvgIpc) is 2.65. The van der Waals surface area contributed by atoms with Crippen LogP contribution in [0.3, 0.4) is 0 Å². The highest BCUT2D eigenvalue weighted by atomic mass is 32.2. The monoisotopic (exact) mass is 502 g/mol. The predicted molar refractivity (Wildman–Crippen MR) is 117 cm³/mol. The molecule has 33 heavy (non-hydrogen) atoms. The van der Waals surface area contributed by atoms with Crippen LogP contribution in [0.5, 0.6) is 0 Å². The van der Waals surface area contributed by atoms with Gasteiger partial charge in [0.2, 0.25) is 5.91 Å². The first-order valence-corrected chi connectivity index (χ1v) is 12.0. The van der Waals surface area contributed by atoms with E-state index < -0.39 is 42.6 Å². The molecular formula is C19H17F3N4O5S2. The number of para-hydroxylation sites is 2. The number of nitrogens with zero attached hydrogens (tertiary/aromatic N) is 4. The van der Waals surface area contributed by atoms with Gasteiger partial charge in [0.1, 0.15) is 0 Å². The number of rotatable bonds is 0. The Hall–Kier alpha value is -3.26. The fraction of sp³-hybridized carbons (Fsp3) is 0.211. The second-order valence-electron chi connectivity index (χ2n) is 6.86. The van der Waals surface area contributed by atoms with Crippen molar-refractivity contribution in [3.8, 4) is 0 Å². The molecular weight excluding hydrogens is 485 g/mol. The number of benzene rings is 2. The fourth-order valence-electron chi connectivity index (χ4n) is 3.29. The zero-order valence-electron chi connectivity index (χ0n) is 17.4. The van der Waals surface area contributed by atoms with Gasteiger partial charge in [-0.1, -0.05) is 36.4 Å². The van der Waals surface area contributed by atoms with Crippen molar-refractivity contribution in [3.63, 3.8) is 0 Å². The van der Waals surface area contributed by atoms with E-state index in [9.17, 15) is 34.8 Å². The molecule has 14 heteroatoms. The van der Waals surface area contributed by atoms with Crippen molar-refractivity contribution in [2.45, 2.75) is 27.1 Å². The molecule has 2 aliphatic heterocycles. The van der Waals surface area contributed by atoms with Crippen molar-refractivity contribution >= 4 is 49.1 Å². The van der Waals surface area contributed by atoms with E-state index in [4.69, 9.17) is 0 Å². The molecule has 0 radical (unpaired) electrons. The minimum atomic E-state index is -5.03. The second kappa shape index (κ2) is 8.26. The Labute approximate surface area is 188 Å². The van der Waals surface area contributed by atoms with Crippen LogP contribution in [-0.2, 0) is 25.2 Å². The van der Waals surface area contributed by atoms with Gasteiger partial charge < -0.3 is 0 Å². The van der Waals surface area contributed by atoms with Crippen molar-refractivity contribution in [1.82, 2.24) is 0 Å². The minimum absolute atomic E-state index is 0.0427. The van der Waals surface area contributed by atoms with Crippen LogP contribution in [0.4, 0.5) is 24.5 Å². The van der Waals surface area contributed by atoms with Crippen molar-refractivity contribution in [2.24, 2.45) is 8.80 Å². The summed E-state index contributed by atoms with van der Waals surface area (Å²) in [5.74, 6) is -0.566. The maximum atomic E-state index is 12.7. The number of amides is 1. The van der Waals surface area contributed by atoms with Crippen LogP contribution < -0.4 is 8.61 Å². The van der Waals surface area contributed by atoms with E-state index in [2.05, 4.69) is 8.80 Å². The largest absolute Gasteiger partial charge is 0.499 e. The SMILES string of the molecule is CC(=O)N1c2ccccc2C(C)=NS1(=O)=O.CC1=NS(=O)(=O)N(C(F)(F)F)c2ccccc21. The molecule has 0 unspecified atom stereocenters. The Morgan fingerprint density at radius 1 is 0.788 bits per heavy atom. The third-order valence-electron chi connectivity index (χ3n) is 4.51. The van der Waals surface area contributed by atoms with Crippen molar-refractivity contribution in [2.75, 3.05) is 8.61 Å². The number of hydrogen-bond donors (Lipinski definition) is 0. The maximum absolute atomic E-state index is 12.7. The van der Waals surface area contributed by atoms with Crippen LogP contribution >= 0.6 is 0 Å². The average molecular weight is 502 g/mol. The molecule has 0 atom stereocenters. The van der Waals surface area contributed by atoms with E-state index in [-0.39, 0.29) is 11.3 Å². The van der Waals surface area contributed by atoms with Gasteiger partial charge in [-0.15, -0.1) is 22.0 Å². The number of anilines is 2. The number of halogens is 3. The lowest BCUT2D eigenvalue weighted by Gasteiger charge is -2.29. The summed E-state index contributed by atoms with van der Waals surface area (Å²) < 4.78 is 91.2. The van der Waals surface area contributed by atoms with Gasteiger partial charge in [0, 0.05) is 18.1 Å². The first kappa shape index (κ1) is 24.4. The lowest BCUT2D eigenvalue weighted by molar-refractivity contribution is -0.116. The summed E-state index contributed by atoms with van der Waals surface area (Å²) in [4.78, 5) is 11.4. The Morgan fingerprint density at radius 3 is 1.70 bits per heavy atom. The lowest BCUT2D eigenvalue weighted by Crippen LogP contribution is -2.44. The summed E-state index contributed by atoms with van der Waals surface area (Å²) >= 11 is 0. The molecule has 0 saturated carbocycles. The van der Waals surface area contributed by atoms with Crippen LogP contribution in [0, 0.1) is 0 Å². The van der Waals surface area contributed by atoms with E-state index in [0.29, 0.717) is 17.0 Å². The highest BCUT2D eigenvalue weighted by Crippen LogP contribution is 2.37.